The zero-order valence-electron chi connectivity index (χ0n) is 18.9. The van der Waals surface area contributed by atoms with Crippen LogP contribution in [-0.4, -0.2) is 31.0 Å². The smallest absolute Gasteiger partial charge is 0.355 e. The van der Waals surface area contributed by atoms with Gasteiger partial charge in [0.25, 0.3) is 5.56 Å². The van der Waals surface area contributed by atoms with Crippen molar-refractivity contribution >= 4 is 17.9 Å². The summed E-state index contributed by atoms with van der Waals surface area (Å²) in [5.41, 5.74) is 4.57. The first-order valence-corrected chi connectivity index (χ1v) is 10.1. The monoisotopic (exact) mass is 433 g/mol. The Kier molecular flexibility index (Phi) is 6.78. The molecule has 32 heavy (non-hydrogen) atoms. The molecule has 0 amide bonds. The Labute approximate surface area is 187 Å². The lowest BCUT2D eigenvalue weighted by Crippen LogP contribution is -2.29. The Morgan fingerprint density at radius 1 is 1.09 bits per heavy atom. The first kappa shape index (κ1) is 22.8. The average Bonchev–Trinajstić information content (AvgIpc) is 2.81. The molecule has 0 aliphatic heterocycles. The molecule has 7 heteroatoms. The summed E-state index contributed by atoms with van der Waals surface area (Å²) in [4.78, 5) is 25.8. The van der Waals surface area contributed by atoms with E-state index in [0.717, 1.165) is 34.2 Å². The lowest BCUT2D eigenvalue weighted by atomic mass is 9.94. The Balaban J connectivity index is 2.20. The molecule has 0 saturated heterocycles. The number of nitrogens with zero attached hydrogens (tertiary/aromatic N) is 1. The van der Waals surface area contributed by atoms with Gasteiger partial charge in [0.15, 0.2) is 0 Å². The number of carbonyl (C=O) groups is 1. The Morgan fingerprint density at radius 3 is 2.34 bits per heavy atom. The topological polar surface area (TPSA) is 93.4 Å². The molecular formula is C25H27N3O4. The molecule has 0 saturated carbocycles. The maximum absolute atomic E-state index is 13.2. The minimum absolute atomic E-state index is 0.106. The van der Waals surface area contributed by atoms with Crippen LogP contribution < -0.4 is 15.6 Å². The molecule has 0 bridgehead atoms. The summed E-state index contributed by atoms with van der Waals surface area (Å²) in [5.74, 6) is 0.104. The van der Waals surface area contributed by atoms with Crippen molar-refractivity contribution in [3.8, 4) is 16.9 Å². The highest BCUT2D eigenvalue weighted by molar-refractivity contribution is 6.04. The second-order valence-electron chi connectivity index (χ2n) is 7.51. The predicted octanol–water partition coefficient (Wildman–Crippen LogP) is 4.07. The van der Waals surface area contributed by atoms with Crippen LogP contribution in [0.4, 0.5) is 5.69 Å². The number of ether oxygens (including phenoxy) is 2. The summed E-state index contributed by atoms with van der Waals surface area (Å²) in [6, 6.07) is 13.3. The molecule has 0 fully saturated rings. The number of carbonyl (C=O) groups excluding carboxylic acids is 1. The summed E-state index contributed by atoms with van der Waals surface area (Å²) in [6.45, 7) is 4.34. The van der Waals surface area contributed by atoms with Crippen molar-refractivity contribution in [2.24, 2.45) is 7.05 Å². The van der Waals surface area contributed by atoms with Crippen LogP contribution in [0.1, 0.15) is 32.7 Å². The quantitative estimate of drug-likeness (QED) is 0.433. The van der Waals surface area contributed by atoms with Gasteiger partial charge in [-0.25, -0.2) is 4.79 Å². The number of hydrogen-bond acceptors (Lipinski definition) is 6. The average molecular weight is 434 g/mol. The van der Waals surface area contributed by atoms with Gasteiger partial charge in [0.2, 0.25) is 0 Å². The van der Waals surface area contributed by atoms with E-state index in [2.05, 4.69) is 5.32 Å². The van der Waals surface area contributed by atoms with Crippen LogP contribution in [0.5, 0.6) is 5.75 Å². The normalized spacial score (nSPS) is 10.5. The molecule has 2 aromatic carbocycles. The molecular weight excluding hydrogens is 406 g/mol. The zero-order valence-corrected chi connectivity index (χ0v) is 18.9. The molecule has 0 atom stereocenters. The van der Waals surface area contributed by atoms with E-state index in [-0.39, 0.29) is 11.4 Å². The van der Waals surface area contributed by atoms with E-state index in [1.807, 2.05) is 56.3 Å². The largest absolute Gasteiger partial charge is 0.497 e. The van der Waals surface area contributed by atoms with E-state index in [0.29, 0.717) is 17.7 Å². The second-order valence-corrected chi connectivity index (χ2v) is 7.51. The number of aromatic nitrogens is 1. The van der Waals surface area contributed by atoms with Crippen LogP contribution >= 0.6 is 0 Å². The molecule has 2 N–H and O–H groups in total. The fraction of sp³-hybridized carbons (Fsp3) is 0.240. The first-order valence-electron chi connectivity index (χ1n) is 10.1. The lowest BCUT2D eigenvalue weighted by Gasteiger charge is -2.20. The van der Waals surface area contributed by atoms with Crippen LogP contribution in [0.15, 0.2) is 47.3 Å². The van der Waals surface area contributed by atoms with Gasteiger partial charge in [-0.2, -0.15) is 0 Å². The van der Waals surface area contributed by atoms with E-state index < -0.39 is 11.5 Å². The van der Waals surface area contributed by atoms with Crippen LogP contribution in [0, 0.1) is 19.3 Å². The predicted molar refractivity (Wildman–Crippen MR) is 126 cm³/mol. The highest BCUT2D eigenvalue weighted by Gasteiger charge is 2.25. The van der Waals surface area contributed by atoms with Crippen molar-refractivity contribution in [2.75, 3.05) is 19.5 Å². The molecule has 0 unspecified atom stereocenters. The van der Waals surface area contributed by atoms with Crippen molar-refractivity contribution in [1.29, 1.82) is 5.41 Å². The molecule has 0 radical (unpaired) electrons. The van der Waals surface area contributed by atoms with Crippen molar-refractivity contribution in [1.82, 2.24) is 4.57 Å². The lowest BCUT2D eigenvalue weighted by molar-refractivity contribution is 0.0589. The molecule has 3 rings (SSSR count). The van der Waals surface area contributed by atoms with Crippen molar-refractivity contribution in [3.63, 3.8) is 0 Å². The summed E-state index contributed by atoms with van der Waals surface area (Å²) < 4.78 is 11.4. The van der Waals surface area contributed by atoms with Gasteiger partial charge in [-0.05, 0) is 48.2 Å². The number of rotatable bonds is 7. The van der Waals surface area contributed by atoms with Gasteiger partial charge in [-0.3, -0.25) is 4.79 Å². The molecule has 7 nitrogen and oxygen atoms in total. The highest BCUT2D eigenvalue weighted by Crippen LogP contribution is 2.31. The minimum atomic E-state index is -0.636. The minimum Gasteiger partial charge on any atom is -0.497 e. The molecule has 0 aliphatic rings. The third kappa shape index (κ3) is 4.27. The number of anilines is 1. The number of pyridine rings is 1. The molecule has 0 aliphatic carbocycles. The van der Waals surface area contributed by atoms with Gasteiger partial charge < -0.3 is 24.8 Å². The molecule has 3 aromatic rings. The van der Waals surface area contributed by atoms with Gasteiger partial charge in [-0.1, -0.05) is 30.3 Å². The van der Waals surface area contributed by atoms with Crippen LogP contribution in [0.25, 0.3) is 11.1 Å². The first-order chi connectivity index (χ1) is 15.3. The molecule has 166 valence electrons. The number of hydrogen-bond donors (Lipinski definition) is 2. The van der Waals surface area contributed by atoms with Crippen molar-refractivity contribution in [2.45, 2.75) is 20.4 Å². The number of benzene rings is 2. The van der Waals surface area contributed by atoms with E-state index >= 15 is 0 Å². The van der Waals surface area contributed by atoms with Gasteiger partial charge in [0.1, 0.15) is 17.1 Å². The summed E-state index contributed by atoms with van der Waals surface area (Å²) in [5, 5.41) is 11.3. The van der Waals surface area contributed by atoms with Gasteiger partial charge >= 0.3 is 5.97 Å². The third-order valence-electron chi connectivity index (χ3n) is 5.58. The maximum atomic E-state index is 13.2. The SMILES string of the molecule is COC(=O)c1c(-c2ccc(C)c(C)c2)c(C=N)c(NCc2ccc(OC)cc2)c(=O)n1C. The van der Waals surface area contributed by atoms with Gasteiger partial charge in [0.05, 0.1) is 14.2 Å². The van der Waals surface area contributed by atoms with Crippen LogP contribution in [0.2, 0.25) is 0 Å². The Morgan fingerprint density at radius 2 is 1.78 bits per heavy atom. The van der Waals surface area contributed by atoms with E-state index in [1.165, 1.54) is 18.7 Å². The summed E-state index contributed by atoms with van der Waals surface area (Å²) >= 11 is 0. The van der Waals surface area contributed by atoms with Gasteiger partial charge in [-0.15, -0.1) is 0 Å². The standard InChI is InChI=1S/C25H27N3O4/c1-15-6-9-18(12-16(15)2)21-20(13-26)22(24(29)28(3)23(21)25(30)32-5)27-14-17-7-10-19(31-4)11-8-17/h6-13,26-27H,14H2,1-5H3. The number of aryl methyl sites for hydroxylation is 2. The summed E-state index contributed by atoms with van der Waals surface area (Å²) in [7, 11) is 4.41. The Hall–Kier alpha value is -3.87. The fourth-order valence-electron chi connectivity index (χ4n) is 3.58. The fourth-order valence-corrected chi connectivity index (χ4v) is 3.58. The highest BCUT2D eigenvalue weighted by atomic mass is 16.5. The van der Waals surface area contributed by atoms with E-state index in [1.54, 1.807) is 7.11 Å². The van der Waals surface area contributed by atoms with E-state index in [9.17, 15) is 9.59 Å². The summed E-state index contributed by atoms with van der Waals surface area (Å²) in [6.07, 6.45) is 1.11. The second kappa shape index (κ2) is 9.51. The number of esters is 1. The number of nitrogens with one attached hydrogen (secondary N) is 2. The number of methoxy groups -OCH3 is 2. The Bertz CT molecular complexity index is 1230. The molecule has 1 aromatic heterocycles. The zero-order chi connectivity index (χ0) is 23.4. The van der Waals surface area contributed by atoms with Crippen molar-refractivity contribution in [3.05, 3.63) is 80.8 Å². The third-order valence-corrected chi connectivity index (χ3v) is 5.58. The van der Waals surface area contributed by atoms with Crippen molar-refractivity contribution < 1.29 is 14.3 Å². The molecule has 0 spiro atoms. The maximum Gasteiger partial charge on any atom is 0.355 e. The van der Waals surface area contributed by atoms with E-state index in [4.69, 9.17) is 14.9 Å². The molecule has 1 heterocycles. The van der Waals surface area contributed by atoms with Crippen LogP contribution in [-0.2, 0) is 18.3 Å². The van der Waals surface area contributed by atoms with Gasteiger partial charge in [0, 0.05) is 30.9 Å². The van der Waals surface area contributed by atoms with Crippen LogP contribution in [0.3, 0.4) is 0 Å².